The molecule has 122 valence electrons. The summed E-state index contributed by atoms with van der Waals surface area (Å²) in [6, 6.07) is 6.95. The molecule has 22 heavy (non-hydrogen) atoms. The maximum Gasteiger partial charge on any atom is 0.325 e. The summed E-state index contributed by atoms with van der Waals surface area (Å²) >= 11 is 6.02. The lowest BCUT2D eigenvalue weighted by atomic mass is 10.3. The van der Waals surface area contributed by atoms with E-state index in [1.807, 2.05) is 6.92 Å². The van der Waals surface area contributed by atoms with Crippen LogP contribution in [-0.2, 0) is 14.3 Å². The minimum absolute atomic E-state index is 0.0727. The largest absolute Gasteiger partial charge is 0.479 e. The molecule has 6 heteroatoms. The minimum atomic E-state index is -0.735. The standard InChI is InChI=1S/C16H22ClNO4/c1-4-10-18(11-15(19)21-5-2)16(20)12(3)22-14-9-7-6-8-13(14)17/h6-9,12H,4-5,10-11H2,1-3H3. The Morgan fingerprint density at radius 1 is 1.27 bits per heavy atom. The van der Waals surface area contributed by atoms with Crippen molar-refractivity contribution < 1.29 is 19.1 Å². The molecule has 1 unspecified atom stereocenters. The number of amides is 1. The minimum Gasteiger partial charge on any atom is -0.479 e. The highest BCUT2D eigenvalue weighted by Crippen LogP contribution is 2.24. The van der Waals surface area contributed by atoms with Gasteiger partial charge in [0.2, 0.25) is 0 Å². The topological polar surface area (TPSA) is 55.8 Å². The lowest BCUT2D eigenvalue weighted by molar-refractivity contribution is -0.151. The summed E-state index contributed by atoms with van der Waals surface area (Å²) in [7, 11) is 0. The molecule has 0 aliphatic heterocycles. The Labute approximate surface area is 136 Å². The molecule has 0 heterocycles. The van der Waals surface area contributed by atoms with E-state index in [-0.39, 0.29) is 12.5 Å². The highest BCUT2D eigenvalue weighted by atomic mass is 35.5. The first kappa shape index (κ1) is 18.3. The smallest absolute Gasteiger partial charge is 0.325 e. The summed E-state index contributed by atoms with van der Waals surface area (Å²) < 4.78 is 10.5. The summed E-state index contributed by atoms with van der Waals surface area (Å²) in [5, 5.41) is 0.439. The third kappa shape index (κ3) is 5.56. The molecule has 0 bridgehead atoms. The number of esters is 1. The van der Waals surface area contributed by atoms with Crippen molar-refractivity contribution in [2.24, 2.45) is 0 Å². The van der Waals surface area contributed by atoms with Crippen LogP contribution in [0.2, 0.25) is 5.02 Å². The third-order valence-corrected chi connectivity index (χ3v) is 3.23. The Kier molecular flexibility index (Phi) is 7.74. The lowest BCUT2D eigenvalue weighted by Crippen LogP contribution is -2.44. The maximum atomic E-state index is 12.4. The first-order chi connectivity index (χ1) is 10.5. The summed E-state index contributed by atoms with van der Waals surface area (Å²) in [5.74, 6) is -0.248. The van der Waals surface area contributed by atoms with Crippen LogP contribution in [0.5, 0.6) is 5.75 Å². The predicted molar refractivity (Wildman–Crippen MR) is 85.0 cm³/mol. The van der Waals surface area contributed by atoms with Crippen LogP contribution in [0.15, 0.2) is 24.3 Å². The van der Waals surface area contributed by atoms with Crippen molar-refractivity contribution in [2.45, 2.75) is 33.3 Å². The fourth-order valence-corrected chi connectivity index (χ4v) is 2.12. The van der Waals surface area contributed by atoms with Crippen LogP contribution >= 0.6 is 11.6 Å². The monoisotopic (exact) mass is 327 g/mol. The summed E-state index contributed by atoms with van der Waals surface area (Å²) in [6.07, 6.45) is 0.00474. The van der Waals surface area contributed by atoms with Gasteiger partial charge in [-0.1, -0.05) is 30.7 Å². The number of hydrogen-bond acceptors (Lipinski definition) is 4. The Morgan fingerprint density at radius 2 is 1.95 bits per heavy atom. The van der Waals surface area contributed by atoms with Gasteiger partial charge in [-0.2, -0.15) is 0 Å². The van der Waals surface area contributed by atoms with Gasteiger partial charge in [-0.25, -0.2) is 0 Å². The number of nitrogens with zero attached hydrogens (tertiary/aromatic N) is 1. The number of hydrogen-bond donors (Lipinski definition) is 0. The summed E-state index contributed by atoms with van der Waals surface area (Å²) in [5.41, 5.74) is 0. The van der Waals surface area contributed by atoms with Crippen molar-refractivity contribution in [1.29, 1.82) is 0 Å². The van der Waals surface area contributed by atoms with Crippen molar-refractivity contribution in [2.75, 3.05) is 19.7 Å². The first-order valence-electron chi connectivity index (χ1n) is 7.35. The van der Waals surface area contributed by atoms with E-state index in [0.717, 1.165) is 6.42 Å². The predicted octanol–water partition coefficient (Wildman–Crippen LogP) is 2.91. The van der Waals surface area contributed by atoms with Crippen molar-refractivity contribution in [3.8, 4) is 5.75 Å². The van der Waals surface area contributed by atoms with Crippen molar-refractivity contribution >= 4 is 23.5 Å². The molecule has 0 saturated heterocycles. The van der Waals surface area contributed by atoms with Crippen LogP contribution in [0, 0.1) is 0 Å². The second-order valence-electron chi connectivity index (χ2n) is 4.76. The quantitative estimate of drug-likeness (QED) is 0.689. The molecule has 0 radical (unpaired) electrons. The van der Waals surface area contributed by atoms with Gasteiger partial charge in [0, 0.05) is 6.54 Å². The first-order valence-corrected chi connectivity index (χ1v) is 7.73. The Balaban J connectivity index is 2.71. The van der Waals surface area contributed by atoms with Crippen LogP contribution in [0.4, 0.5) is 0 Å². The second-order valence-corrected chi connectivity index (χ2v) is 5.16. The van der Waals surface area contributed by atoms with Gasteiger partial charge in [0.15, 0.2) is 6.10 Å². The molecule has 0 aromatic heterocycles. The fourth-order valence-electron chi connectivity index (χ4n) is 1.94. The van der Waals surface area contributed by atoms with E-state index in [9.17, 15) is 9.59 Å². The van der Waals surface area contributed by atoms with E-state index in [0.29, 0.717) is 23.9 Å². The maximum absolute atomic E-state index is 12.4. The SMILES string of the molecule is CCCN(CC(=O)OCC)C(=O)C(C)Oc1ccccc1Cl. The van der Waals surface area contributed by atoms with Crippen molar-refractivity contribution in [1.82, 2.24) is 4.90 Å². The number of para-hydroxylation sites is 1. The molecule has 1 aromatic carbocycles. The molecule has 0 fully saturated rings. The third-order valence-electron chi connectivity index (χ3n) is 2.92. The number of rotatable bonds is 8. The molecular weight excluding hydrogens is 306 g/mol. The van der Waals surface area contributed by atoms with E-state index < -0.39 is 12.1 Å². The van der Waals surface area contributed by atoms with Crippen LogP contribution in [0.1, 0.15) is 27.2 Å². The summed E-state index contributed by atoms with van der Waals surface area (Å²) in [4.78, 5) is 25.5. The van der Waals surface area contributed by atoms with Gasteiger partial charge < -0.3 is 14.4 Å². The molecule has 0 aliphatic carbocycles. The van der Waals surface area contributed by atoms with E-state index in [1.165, 1.54) is 4.90 Å². The Morgan fingerprint density at radius 3 is 2.55 bits per heavy atom. The molecule has 0 aliphatic rings. The van der Waals surface area contributed by atoms with Crippen molar-refractivity contribution in [3.63, 3.8) is 0 Å². The highest BCUT2D eigenvalue weighted by Gasteiger charge is 2.24. The number of benzene rings is 1. The molecule has 0 spiro atoms. The number of halogens is 1. The summed E-state index contributed by atoms with van der Waals surface area (Å²) in [6.45, 7) is 5.99. The van der Waals surface area contributed by atoms with Crippen molar-refractivity contribution in [3.05, 3.63) is 29.3 Å². The molecule has 5 nitrogen and oxygen atoms in total. The Hall–Kier alpha value is -1.75. The molecular formula is C16H22ClNO4. The van der Waals surface area contributed by atoms with Gasteiger partial charge in [0.25, 0.3) is 5.91 Å². The molecule has 1 rings (SSSR count). The van der Waals surface area contributed by atoms with Gasteiger partial charge in [-0.15, -0.1) is 0 Å². The van der Waals surface area contributed by atoms with E-state index in [1.54, 1.807) is 38.1 Å². The average molecular weight is 328 g/mol. The molecule has 1 aromatic rings. The zero-order valence-corrected chi connectivity index (χ0v) is 13.9. The highest BCUT2D eigenvalue weighted by molar-refractivity contribution is 6.32. The Bertz CT molecular complexity index is 507. The number of carbonyl (C=O) groups excluding carboxylic acids is 2. The van der Waals surface area contributed by atoms with E-state index in [2.05, 4.69) is 0 Å². The average Bonchev–Trinajstić information content (AvgIpc) is 2.48. The fraction of sp³-hybridized carbons (Fsp3) is 0.500. The van der Waals surface area contributed by atoms with Gasteiger partial charge in [-0.3, -0.25) is 9.59 Å². The zero-order chi connectivity index (χ0) is 16.5. The number of ether oxygens (including phenoxy) is 2. The zero-order valence-electron chi connectivity index (χ0n) is 13.2. The molecule has 1 amide bonds. The normalized spacial score (nSPS) is 11.6. The molecule has 0 saturated carbocycles. The van der Waals surface area contributed by atoms with Gasteiger partial charge >= 0.3 is 5.97 Å². The van der Waals surface area contributed by atoms with Gasteiger partial charge in [-0.05, 0) is 32.4 Å². The van der Waals surface area contributed by atoms with Crippen LogP contribution in [-0.4, -0.2) is 42.6 Å². The van der Waals surface area contributed by atoms with E-state index in [4.69, 9.17) is 21.1 Å². The molecule has 0 N–H and O–H groups in total. The van der Waals surface area contributed by atoms with Crippen LogP contribution in [0.3, 0.4) is 0 Å². The molecule has 1 atom stereocenters. The lowest BCUT2D eigenvalue weighted by Gasteiger charge is -2.25. The van der Waals surface area contributed by atoms with Gasteiger partial charge in [0.05, 0.1) is 11.6 Å². The van der Waals surface area contributed by atoms with Crippen LogP contribution < -0.4 is 4.74 Å². The van der Waals surface area contributed by atoms with Gasteiger partial charge in [0.1, 0.15) is 12.3 Å². The van der Waals surface area contributed by atoms with Crippen LogP contribution in [0.25, 0.3) is 0 Å². The van der Waals surface area contributed by atoms with E-state index >= 15 is 0 Å². The number of carbonyl (C=O) groups is 2. The second kappa shape index (κ2) is 9.30.